The summed E-state index contributed by atoms with van der Waals surface area (Å²) in [5.74, 6) is 0. The molecule has 0 amide bonds. The van der Waals surface area contributed by atoms with E-state index < -0.39 is 0 Å². The van der Waals surface area contributed by atoms with Crippen molar-refractivity contribution < 1.29 is 0 Å². The molecule has 0 saturated carbocycles. The first-order chi connectivity index (χ1) is 4.75. The average Bonchev–Trinajstić information content (AvgIpc) is 1.88. The molecule has 3 heteroatoms. The normalized spacial score (nSPS) is 9.90. The minimum absolute atomic E-state index is 0.526. The summed E-state index contributed by atoms with van der Waals surface area (Å²) in [7, 11) is 0. The van der Waals surface area contributed by atoms with Gasteiger partial charge in [0.1, 0.15) is 0 Å². The predicted octanol–water partition coefficient (Wildman–Crippen LogP) is -0.479. The Bertz CT molecular complexity index is 215. The molecular weight excluding hydrogens is 119 g/mol. The van der Waals surface area contributed by atoms with Gasteiger partial charge in [-0.1, -0.05) is 0 Å². The Balaban J connectivity index is 3.17. The van der Waals surface area contributed by atoms with Gasteiger partial charge in [-0.25, -0.2) is 0 Å². The zero-order valence-electron chi connectivity index (χ0n) is 6.09. The van der Waals surface area contributed by atoms with Crippen molar-refractivity contribution in [3.05, 3.63) is 23.8 Å². The number of nitrogen functional groups attached to an aromatic ring is 1. The number of rotatable bonds is 1. The van der Waals surface area contributed by atoms with E-state index in [1.807, 2.05) is 35.9 Å². The number of anilines is 1. The van der Waals surface area contributed by atoms with Crippen molar-refractivity contribution in [3.63, 3.8) is 0 Å². The molecule has 48 valence electrons. The van der Waals surface area contributed by atoms with Crippen LogP contribution in [0, 0.1) is 0 Å². The van der Waals surface area contributed by atoms with Gasteiger partial charge in [0.15, 0.2) is 0 Å². The molecule has 10 heavy (non-hydrogen) atoms. The van der Waals surface area contributed by atoms with Gasteiger partial charge in [0.2, 0.25) is 0 Å². The first-order valence-electron chi connectivity index (χ1n) is 3.29. The molecule has 0 bridgehead atoms. The summed E-state index contributed by atoms with van der Waals surface area (Å²) in [6, 6.07) is 5.82. The molecule has 0 aliphatic heterocycles. The maximum atomic E-state index is 5.65. The van der Waals surface area contributed by atoms with Crippen LogP contribution in [0.3, 0.4) is 0 Å². The van der Waals surface area contributed by atoms with Crippen molar-refractivity contribution in [2.75, 3.05) is 5.73 Å². The van der Waals surface area contributed by atoms with Crippen LogP contribution in [0.1, 0.15) is 5.56 Å². The summed E-state index contributed by atoms with van der Waals surface area (Å²) in [5, 5.41) is 0. The topological polar surface area (TPSA) is 52.0 Å². The van der Waals surface area contributed by atoms with E-state index in [1.54, 1.807) is 0 Å². The Hall–Kier alpha value is -0.423. The second-order valence-electron chi connectivity index (χ2n) is 2.35. The van der Waals surface area contributed by atoms with Gasteiger partial charge in [0.05, 0.1) is 0 Å². The van der Waals surface area contributed by atoms with Crippen LogP contribution in [0.5, 0.6) is 0 Å². The molecule has 1 aromatic rings. The molecule has 0 fully saturated rings. The van der Waals surface area contributed by atoms with Crippen LogP contribution in [0.25, 0.3) is 0 Å². The van der Waals surface area contributed by atoms with Crippen LogP contribution >= 0.6 is 0 Å². The van der Waals surface area contributed by atoms with Crippen LogP contribution in [-0.2, 0) is 6.54 Å². The number of nitrogens with two attached hydrogens (primary N) is 2. The van der Waals surface area contributed by atoms with E-state index in [9.17, 15) is 0 Å². The molecule has 0 atom stereocenters. The molecule has 0 aromatic heterocycles. The van der Waals surface area contributed by atoms with E-state index in [2.05, 4.69) is 0 Å². The minimum atomic E-state index is 0.526. The van der Waals surface area contributed by atoms with Gasteiger partial charge in [0, 0.05) is 0 Å². The SMILES string of the molecule is [Li][c]1cccc(N)c1CN. The van der Waals surface area contributed by atoms with Crippen molar-refractivity contribution in [2.24, 2.45) is 5.73 Å². The van der Waals surface area contributed by atoms with Gasteiger partial charge in [0.25, 0.3) is 0 Å². The molecular formula is C7H9LiN2. The predicted molar refractivity (Wildman–Crippen MR) is 44.1 cm³/mol. The second-order valence-corrected chi connectivity index (χ2v) is 2.35. The van der Waals surface area contributed by atoms with Crippen LogP contribution in [0.15, 0.2) is 18.2 Å². The fourth-order valence-electron chi connectivity index (χ4n) is 1.00. The number of hydrogen-bond acceptors (Lipinski definition) is 2. The first kappa shape index (κ1) is 7.68. The summed E-state index contributed by atoms with van der Waals surface area (Å²) in [4.78, 5) is 0. The van der Waals surface area contributed by atoms with Crippen LogP contribution in [-0.4, -0.2) is 17.7 Å². The summed E-state index contributed by atoms with van der Waals surface area (Å²) in [6.45, 7) is 0.526. The first-order valence-corrected chi connectivity index (χ1v) is 3.29. The average molecular weight is 128 g/mol. The summed E-state index contributed by atoms with van der Waals surface area (Å²) in [6.07, 6.45) is 0. The van der Waals surface area contributed by atoms with Crippen molar-refractivity contribution in [1.82, 2.24) is 0 Å². The van der Waals surface area contributed by atoms with E-state index in [0.29, 0.717) is 6.54 Å². The Morgan fingerprint density at radius 1 is 1.40 bits per heavy atom. The van der Waals surface area contributed by atoms with Crippen LogP contribution < -0.4 is 15.7 Å². The van der Waals surface area contributed by atoms with E-state index in [1.165, 1.54) is 4.24 Å². The van der Waals surface area contributed by atoms with Gasteiger partial charge in [-0.2, -0.15) is 0 Å². The van der Waals surface area contributed by atoms with Gasteiger partial charge in [-0.05, 0) is 0 Å². The van der Waals surface area contributed by atoms with Gasteiger partial charge in [-0.3, -0.25) is 0 Å². The molecule has 2 nitrogen and oxygen atoms in total. The Kier molecular flexibility index (Phi) is 2.39. The molecule has 0 unspecified atom stereocenters. The number of benzene rings is 1. The van der Waals surface area contributed by atoms with Gasteiger partial charge < -0.3 is 0 Å². The molecule has 0 radical (unpaired) electrons. The third-order valence-electron chi connectivity index (χ3n) is 1.65. The quantitative estimate of drug-likeness (QED) is 0.396. The molecule has 1 aromatic carbocycles. The van der Waals surface area contributed by atoms with Crippen LogP contribution in [0.4, 0.5) is 5.69 Å². The molecule has 4 N–H and O–H groups in total. The van der Waals surface area contributed by atoms with Gasteiger partial charge in [-0.15, -0.1) is 0 Å². The van der Waals surface area contributed by atoms with E-state index >= 15 is 0 Å². The molecule has 1 rings (SSSR count). The Morgan fingerprint density at radius 2 is 2.10 bits per heavy atom. The van der Waals surface area contributed by atoms with E-state index in [-0.39, 0.29) is 0 Å². The van der Waals surface area contributed by atoms with Gasteiger partial charge >= 0.3 is 69.4 Å². The molecule has 0 aliphatic rings. The fraction of sp³-hybridized carbons (Fsp3) is 0.143. The van der Waals surface area contributed by atoms with E-state index in [0.717, 1.165) is 11.3 Å². The third-order valence-corrected chi connectivity index (χ3v) is 1.65. The summed E-state index contributed by atoms with van der Waals surface area (Å²) < 4.78 is 1.17. The monoisotopic (exact) mass is 128 g/mol. The van der Waals surface area contributed by atoms with Crippen molar-refractivity contribution in [3.8, 4) is 0 Å². The van der Waals surface area contributed by atoms with Crippen molar-refractivity contribution >= 4 is 27.6 Å². The molecule has 0 aliphatic carbocycles. The molecule has 0 heterocycles. The summed E-state index contributed by atoms with van der Waals surface area (Å²) in [5.41, 5.74) is 13.0. The zero-order chi connectivity index (χ0) is 7.56. The summed E-state index contributed by atoms with van der Waals surface area (Å²) >= 11 is 2.01. The van der Waals surface area contributed by atoms with E-state index in [4.69, 9.17) is 11.5 Å². The Morgan fingerprint density at radius 3 is 2.50 bits per heavy atom. The maximum absolute atomic E-state index is 5.65. The molecule has 0 spiro atoms. The van der Waals surface area contributed by atoms with Crippen molar-refractivity contribution in [2.45, 2.75) is 6.54 Å². The standard InChI is InChI=1S/C7H9N2.Li/c8-5-6-3-1-2-4-7(6)9;/h1-2,4H,5,8-9H2;. The van der Waals surface area contributed by atoms with Crippen LogP contribution in [0.2, 0.25) is 0 Å². The third kappa shape index (κ3) is 1.35. The second kappa shape index (κ2) is 3.11. The van der Waals surface area contributed by atoms with Crippen molar-refractivity contribution in [1.29, 1.82) is 0 Å². The zero-order valence-corrected chi connectivity index (χ0v) is 6.09. The molecule has 0 saturated heterocycles. The number of hydrogen-bond donors (Lipinski definition) is 2. The fourth-order valence-corrected chi connectivity index (χ4v) is 1.00. The Labute approximate surface area is 69.8 Å².